The van der Waals surface area contributed by atoms with Crippen molar-refractivity contribution in [3.05, 3.63) is 59.4 Å². The van der Waals surface area contributed by atoms with Crippen LogP contribution in [0.15, 0.2) is 48.7 Å². The second-order valence-electron chi connectivity index (χ2n) is 5.87. The van der Waals surface area contributed by atoms with Crippen LogP contribution in [-0.2, 0) is 6.54 Å². The second kappa shape index (κ2) is 8.88. The van der Waals surface area contributed by atoms with E-state index in [-0.39, 0.29) is 24.8 Å². The quantitative estimate of drug-likeness (QED) is 0.725. The number of imidazole rings is 1. The Bertz CT molecular complexity index is 811. The van der Waals surface area contributed by atoms with Gasteiger partial charge in [-0.15, -0.1) is 24.8 Å². The van der Waals surface area contributed by atoms with Gasteiger partial charge < -0.3 is 9.72 Å². The maximum atomic E-state index is 6.03. The number of halogens is 3. The maximum absolute atomic E-state index is 6.03. The molecule has 0 unspecified atom stereocenters. The molecule has 0 bridgehead atoms. The molecule has 0 spiro atoms. The van der Waals surface area contributed by atoms with Crippen molar-refractivity contribution in [2.75, 3.05) is 26.2 Å². The third-order valence-corrected chi connectivity index (χ3v) is 4.58. The van der Waals surface area contributed by atoms with Gasteiger partial charge in [-0.1, -0.05) is 29.8 Å². The molecule has 1 N–H and O–H groups in total. The Hall–Kier alpha value is -1.30. The Morgan fingerprint density at radius 3 is 2.44 bits per heavy atom. The van der Waals surface area contributed by atoms with Crippen molar-refractivity contribution < 1.29 is 0 Å². The molecule has 2 aromatic heterocycles. The van der Waals surface area contributed by atoms with Crippen LogP contribution in [-0.4, -0.2) is 40.5 Å². The first-order valence-electron chi connectivity index (χ1n) is 7.96. The average Bonchev–Trinajstić information content (AvgIpc) is 2.95. The highest BCUT2D eigenvalue weighted by molar-refractivity contribution is 6.30. The van der Waals surface area contributed by atoms with Gasteiger partial charge in [0, 0.05) is 49.5 Å². The third-order valence-electron chi connectivity index (χ3n) is 4.33. The van der Waals surface area contributed by atoms with Gasteiger partial charge in [0.15, 0.2) is 0 Å². The Morgan fingerprint density at radius 2 is 1.72 bits per heavy atom. The lowest BCUT2D eigenvalue weighted by Gasteiger charge is -2.27. The molecule has 0 atom stereocenters. The zero-order valence-electron chi connectivity index (χ0n) is 13.7. The fourth-order valence-electron chi connectivity index (χ4n) is 3.12. The van der Waals surface area contributed by atoms with E-state index in [1.807, 2.05) is 30.3 Å². The first-order valence-corrected chi connectivity index (χ1v) is 8.34. The molecular weight excluding hydrogens is 379 g/mol. The summed E-state index contributed by atoms with van der Waals surface area (Å²) in [7, 11) is 0. The van der Waals surface area contributed by atoms with Crippen LogP contribution in [0.1, 0.15) is 5.69 Å². The molecule has 1 aliphatic heterocycles. The van der Waals surface area contributed by atoms with E-state index in [1.54, 1.807) is 0 Å². The van der Waals surface area contributed by atoms with E-state index in [0.717, 1.165) is 54.7 Å². The number of fused-ring (bicyclic) bond motifs is 1. The van der Waals surface area contributed by atoms with Crippen LogP contribution in [0.3, 0.4) is 0 Å². The van der Waals surface area contributed by atoms with Gasteiger partial charge in [0.05, 0.1) is 11.4 Å². The molecule has 1 aromatic carbocycles. The van der Waals surface area contributed by atoms with E-state index in [2.05, 4.69) is 32.9 Å². The van der Waals surface area contributed by atoms with Gasteiger partial charge in [0.2, 0.25) is 0 Å². The number of nitrogens with one attached hydrogen (secondary N) is 1. The van der Waals surface area contributed by atoms with E-state index >= 15 is 0 Å². The number of piperazine rings is 1. The van der Waals surface area contributed by atoms with Crippen molar-refractivity contribution in [2.45, 2.75) is 6.54 Å². The summed E-state index contributed by atoms with van der Waals surface area (Å²) in [6, 6.07) is 14.1. The first kappa shape index (κ1) is 20.0. The second-order valence-corrected chi connectivity index (χ2v) is 6.31. The highest BCUT2D eigenvalue weighted by Crippen LogP contribution is 2.27. The Morgan fingerprint density at radius 1 is 1.00 bits per heavy atom. The van der Waals surface area contributed by atoms with Crippen molar-refractivity contribution in [1.82, 2.24) is 19.6 Å². The van der Waals surface area contributed by atoms with Gasteiger partial charge in [-0.25, -0.2) is 4.98 Å². The number of hydrogen-bond donors (Lipinski definition) is 1. The molecule has 3 heterocycles. The van der Waals surface area contributed by atoms with Crippen molar-refractivity contribution in [2.24, 2.45) is 0 Å². The molecule has 3 aromatic rings. The van der Waals surface area contributed by atoms with Gasteiger partial charge in [0.1, 0.15) is 5.65 Å². The third kappa shape index (κ3) is 4.27. The molecule has 0 radical (unpaired) electrons. The summed E-state index contributed by atoms with van der Waals surface area (Å²) in [5.41, 5.74) is 4.39. The SMILES string of the molecule is Cl.Cl.Clc1ccc(-c2nc3ccccn3c2CN2CCNCC2)cc1. The van der Waals surface area contributed by atoms with Crippen molar-refractivity contribution in [1.29, 1.82) is 0 Å². The fraction of sp³-hybridized carbons (Fsp3) is 0.278. The van der Waals surface area contributed by atoms with Gasteiger partial charge in [-0.2, -0.15) is 0 Å². The van der Waals surface area contributed by atoms with E-state index < -0.39 is 0 Å². The van der Waals surface area contributed by atoms with Crippen LogP contribution in [0.4, 0.5) is 0 Å². The van der Waals surface area contributed by atoms with Crippen LogP contribution >= 0.6 is 36.4 Å². The standard InChI is InChI=1S/C18H19ClN4.2ClH/c19-15-6-4-14(5-7-15)18-16(13-22-11-8-20-9-12-22)23-10-2-1-3-17(23)21-18;;/h1-7,10,20H,8-9,11-13H2;2*1H. The predicted molar refractivity (Wildman–Crippen MR) is 108 cm³/mol. The summed E-state index contributed by atoms with van der Waals surface area (Å²) in [4.78, 5) is 7.33. The lowest BCUT2D eigenvalue weighted by atomic mass is 10.1. The van der Waals surface area contributed by atoms with Crippen molar-refractivity contribution in [3.63, 3.8) is 0 Å². The lowest BCUT2D eigenvalue weighted by Crippen LogP contribution is -2.43. The van der Waals surface area contributed by atoms with Crippen molar-refractivity contribution >= 4 is 42.1 Å². The summed E-state index contributed by atoms with van der Waals surface area (Å²) in [5.74, 6) is 0. The number of rotatable bonds is 3. The van der Waals surface area contributed by atoms with Gasteiger partial charge >= 0.3 is 0 Å². The number of benzene rings is 1. The van der Waals surface area contributed by atoms with Gasteiger partial charge in [-0.3, -0.25) is 4.90 Å². The van der Waals surface area contributed by atoms with Gasteiger partial charge in [-0.05, 0) is 24.3 Å². The Labute approximate surface area is 165 Å². The predicted octanol–water partition coefficient (Wildman–Crippen LogP) is 3.90. The molecule has 1 aliphatic rings. The smallest absolute Gasteiger partial charge is 0.137 e. The summed E-state index contributed by atoms with van der Waals surface area (Å²) in [5, 5.41) is 4.16. The number of nitrogens with zero attached hydrogens (tertiary/aromatic N) is 3. The minimum absolute atomic E-state index is 0. The fourth-order valence-corrected chi connectivity index (χ4v) is 3.24. The zero-order valence-corrected chi connectivity index (χ0v) is 16.1. The largest absolute Gasteiger partial charge is 0.314 e. The molecule has 134 valence electrons. The van der Waals surface area contributed by atoms with Crippen LogP contribution < -0.4 is 5.32 Å². The van der Waals surface area contributed by atoms with Crippen LogP contribution in [0.25, 0.3) is 16.9 Å². The van der Waals surface area contributed by atoms with E-state index in [1.165, 1.54) is 5.69 Å². The molecule has 7 heteroatoms. The first-order chi connectivity index (χ1) is 11.3. The van der Waals surface area contributed by atoms with E-state index in [4.69, 9.17) is 16.6 Å². The minimum atomic E-state index is 0. The summed E-state index contributed by atoms with van der Waals surface area (Å²) < 4.78 is 2.20. The summed E-state index contributed by atoms with van der Waals surface area (Å²) in [6.45, 7) is 5.14. The van der Waals surface area contributed by atoms with Crippen LogP contribution in [0, 0.1) is 0 Å². The van der Waals surface area contributed by atoms with E-state index in [0.29, 0.717) is 0 Å². The molecule has 25 heavy (non-hydrogen) atoms. The van der Waals surface area contributed by atoms with Gasteiger partial charge in [0.25, 0.3) is 0 Å². The minimum Gasteiger partial charge on any atom is -0.314 e. The van der Waals surface area contributed by atoms with Crippen molar-refractivity contribution in [3.8, 4) is 11.3 Å². The molecule has 4 rings (SSSR count). The highest BCUT2D eigenvalue weighted by Gasteiger charge is 2.18. The number of hydrogen-bond acceptors (Lipinski definition) is 3. The molecule has 4 nitrogen and oxygen atoms in total. The number of pyridine rings is 1. The summed E-state index contributed by atoms with van der Waals surface area (Å²) in [6.07, 6.45) is 2.10. The summed E-state index contributed by atoms with van der Waals surface area (Å²) >= 11 is 6.03. The molecule has 1 fully saturated rings. The maximum Gasteiger partial charge on any atom is 0.137 e. The van der Waals surface area contributed by atoms with Crippen LogP contribution in [0.5, 0.6) is 0 Å². The lowest BCUT2D eigenvalue weighted by molar-refractivity contribution is 0.230. The molecule has 0 saturated carbocycles. The monoisotopic (exact) mass is 398 g/mol. The van der Waals surface area contributed by atoms with E-state index in [9.17, 15) is 0 Å². The molecular formula is C18H21Cl3N4. The Kier molecular flexibility index (Phi) is 7.11. The highest BCUT2D eigenvalue weighted by atomic mass is 35.5. The Balaban J connectivity index is 0.00000113. The average molecular weight is 400 g/mol. The topological polar surface area (TPSA) is 32.6 Å². The normalized spacial score (nSPS) is 14.8. The molecule has 0 amide bonds. The zero-order chi connectivity index (χ0) is 15.6. The van der Waals surface area contributed by atoms with Crippen LogP contribution in [0.2, 0.25) is 5.02 Å². The molecule has 0 aliphatic carbocycles. The number of aromatic nitrogens is 2. The molecule has 1 saturated heterocycles.